The van der Waals surface area contributed by atoms with E-state index in [0.717, 1.165) is 11.5 Å². The van der Waals surface area contributed by atoms with E-state index in [-0.39, 0.29) is 0 Å². The first-order valence-electron chi connectivity index (χ1n) is 8.68. The Kier molecular flexibility index (Phi) is 5.87. The van der Waals surface area contributed by atoms with Crippen molar-refractivity contribution < 1.29 is 28.8 Å². The van der Waals surface area contributed by atoms with Crippen LogP contribution in [-0.2, 0) is 4.79 Å². The van der Waals surface area contributed by atoms with Crippen molar-refractivity contribution in [3.05, 3.63) is 59.9 Å². The Morgan fingerprint density at radius 1 is 0.862 bits per heavy atom. The third kappa shape index (κ3) is 3.94. The number of ether oxygens (including phenoxy) is 4. The largest absolute Gasteiger partial charge is 0.545 e. The van der Waals surface area contributed by atoms with Gasteiger partial charge in [0.25, 0.3) is 0 Å². The molecule has 0 aliphatic heterocycles. The minimum absolute atomic E-state index is 0.365. The second-order valence-electron chi connectivity index (χ2n) is 6.03. The van der Waals surface area contributed by atoms with Crippen molar-refractivity contribution in [1.29, 1.82) is 0 Å². The summed E-state index contributed by atoms with van der Waals surface area (Å²) in [7, 11) is 6.13. The summed E-state index contributed by atoms with van der Waals surface area (Å²) in [5, 5.41) is 13.0. The van der Waals surface area contributed by atoms with Crippen LogP contribution in [0.4, 0.5) is 0 Å². The molecule has 2 aromatic carbocycles. The molecular weight excluding hydrogens is 374 g/mol. The monoisotopic (exact) mass is 394 g/mol. The average Bonchev–Trinajstić information content (AvgIpc) is 2.75. The second-order valence-corrected chi connectivity index (χ2v) is 6.03. The number of rotatable bonds is 7. The Morgan fingerprint density at radius 3 is 2.10 bits per heavy atom. The van der Waals surface area contributed by atoms with Crippen LogP contribution >= 0.6 is 0 Å². The topological polar surface area (TPSA) is 89.9 Å². The number of nitrogens with zero attached hydrogens (tertiary/aromatic N) is 1. The second kappa shape index (κ2) is 8.52. The summed E-state index contributed by atoms with van der Waals surface area (Å²) in [6.45, 7) is 0. The van der Waals surface area contributed by atoms with Crippen molar-refractivity contribution in [2.75, 3.05) is 28.4 Å². The molecule has 7 nitrogen and oxygen atoms in total. The maximum atomic E-state index is 11.5. The first-order chi connectivity index (χ1) is 14.0. The van der Waals surface area contributed by atoms with E-state index in [2.05, 4.69) is 4.98 Å². The molecule has 150 valence electrons. The molecule has 1 heterocycles. The molecule has 0 N–H and O–H groups in total. The van der Waals surface area contributed by atoms with Crippen molar-refractivity contribution in [2.45, 2.75) is 0 Å². The highest BCUT2D eigenvalue weighted by Gasteiger charge is 2.16. The zero-order valence-corrected chi connectivity index (χ0v) is 16.5. The van der Waals surface area contributed by atoms with E-state index in [1.165, 1.54) is 21.3 Å². The van der Waals surface area contributed by atoms with E-state index in [1.54, 1.807) is 37.6 Å². The Labute approximate surface area is 168 Å². The SMILES string of the molecule is COc1ccc(/C(=C\C(=O)[O-])c2nccc3cc(OC)c(OC)cc23)cc1OC. The summed E-state index contributed by atoms with van der Waals surface area (Å²) < 4.78 is 21.4. The maximum absolute atomic E-state index is 11.5. The summed E-state index contributed by atoms with van der Waals surface area (Å²) >= 11 is 0. The summed E-state index contributed by atoms with van der Waals surface area (Å²) in [4.78, 5) is 15.9. The number of carboxylic acids is 1. The van der Waals surface area contributed by atoms with Gasteiger partial charge >= 0.3 is 0 Å². The fraction of sp³-hybridized carbons (Fsp3) is 0.182. The van der Waals surface area contributed by atoms with E-state index in [0.29, 0.717) is 45.2 Å². The number of hydrogen-bond acceptors (Lipinski definition) is 7. The van der Waals surface area contributed by atoms with Crippen LogP contribution in [0.15, 0.2) is 48.7 Å². The predicted octanol–water partition coefficient (Wildman–Crippen LogP) is 2.45. The predicted molar refractivity (Wildman–Crippen MR) is 106 cm³/mol. The van der Waals surface area contributed by atoms with Gasteiger partial charge < -0.3 is 28.8 Å². The van der Waals surface area contributed by atoms with Crippen molar-refractivity contribution >= 4 is 22.3 Å². The third-order valence-electron chi connectivity index (χ3n) is 4.48. The van der Waals surface area contributed by atoms with Crippen LogP contribution in [0.2, 0.25) is 0 Å². The first kappa shape index (κ1) is 20.0. The number of methoxy groups -OCH3 is 4. The van der Waals surface area contributed by atoms with Crippen molar-refractivity contribution in [2.24, 2.45) is 0 Å². The van der Waals surface area contributed by atoms with Gasteiger partial charge in [-0.15, -0.1) is 0 Å². The van der Waals surface area contributed by atoms with Crippen molar-refractivity contribution in [3.63, 3.8) is 0 Å². The quantitative estimate of drug-likeness (QED) is 0.569. The van der Waals surface area contributed by atoms with Crippen molar-refractivity contribution in [1.82, 2.24) is 4.98 Å². The number of aromatic nitrogens is 1. The highest BCUT2D eigenvalue weighted by atomic mass is 16.5. The molecule has 0 bridgehead atoms. The fourth-order valence-corrected chi connectivity index (χ4v) is 3.12. The lowest BCUT2D eigenvalue weighted by molar-refractivity contribution is -0.297. The van der Waals surface area contributed by atoms with Gasteiger partial charge in [0.15, 0.2) is 23.0 Å². The number of benzene rings is 2. The van der Waals surface area contributed by atoms with Crippen LogP contribution in [0.25, 0.3) is 16.3 Å². The van der Waals surface area contributed by atoms with Crippen LogP contribution in [0.3, 0.4) is 0 Å². The minimum Gasteiger partial charge on any atom is -0.545 e. The van der Waals surface area contributed by atoms with E-state index in [4.69, 9.17) is 18.9 Å². The number of carbonyl (C=O) groups excluding carboxylic acids is 1. The summed E-state index contributed by atoms with van der Waals surface area (Å²) in [6.07, 6.45) is 2.62. The van der Waals surface area contributed by atoms with Gasteiger partial charge in [-0.05, 0) is 47.4 Å². The molecule has 0 fully saturated rings. The number of fused-ring (bicyclic) bond motifs is 1. The zero-order chi connectivity index (χ0) is 21.0. The zero-order valence-electron chi connectivity index (χ0n) is 16.5. The van der Waals surface area contributed by atoms with Gasteiger partial charge in [-0.2, -0.15) is 0 Å². The Hall–Kier alpha value is -3.74. The normalized spacial score (nSPS) is 11.2. The Morgan fingerprint density at radius 2 is 1.48 bits per heavy atom. The summed E-state index contributed by atoms with van der Waals surface area (Å²) in [5.41, 5.74) is 1.41. The lowest BCUT2D eigenvalue weighted by atomic mass is 9.96. The number of aliphatic carboxylic acids is 1. The van der Waals surface area contributed by atoms with Crippen molar-refractivity contribution in [3.8, 4) is 23.0 Å². The van der Waals surface area contributed by atoms with Gasteiger partial charge in [0.2, 0.25) is 0 Å². The van der Waals surface area contributed by atoms with E-state index >= 15 is 0 Å². The molecule has 1 aromatic heterocycles. The average molecular weight is 394 g/mol. The van der Waals surface area contributed by atoms with Gasteiger partial charge in [-0.1, -0.05) is 6.07 Å². The first-order valence-corrected chi connectivity index (χ1v) is 8.68. The van der Waals surface area contributed by atoms with Gasteiger partial charge in [-0.25, -0.2) is 0 Å². The Bertz CT molecular complexity index is 1090. The third-order valence-corrected chi connectivity index (χ3v) is 4.48. The van der Waals surface area contributed by atoms with E-state index in [9.17, 15) is 9.90 Å². The van der Waals surface area contributed by atoms with Crippen LogP contribution in [-0.4, -0.2) is 39.4 Å². The lowest BCUT2D eigenvalue weighted by Gasteiger charge is -2.15. The van der Waals surface area contributed by atoms with E-state index < -0.39 is 5.97 Å². The van der Waals surface area contributed by atoms with Crippen LogP contribution in [0.5, 0.6) is 23.0 Å². The number of carboxylic acid groups (broad SMARTS) is 1. The molecule has 0 saturated carbocycles. The van der Waals surface area contributed by atoms with Crippen LogP contribution in [0.1, 0.15) is 11.3 Å². The molecular formula is C22H20NO6-. The standard InChI is InChI=1S/C22H21NO6/c1-26-17-6-5-13(9-18(17)27-2)16(12-21(24)25)22-15-11-20(29-4)19(28-3)10-14(15)7-8-23-22/h5-12H,1-4H3,(H,24,25)/p-1/b16-12+. The van der Waals surface area contributed by atoms with Gasteiger partial charge in [0.05, 0.1) is 40.1 Å². The number of carbonyl (C=O) groups is 1. The minimum atomic E-state index is -1.34. The molecule has 29 heavy (non-hydrogen) atoms. The summed E-state index contributed by atoms with van der Waals surface area (Å²) in [5.74, 6) is 0.729. The van der Waals surface area contributed by atoms with Gasteiger partial charge in [0, 0.05) is 17.2 Å². The molecule has 0 aliphatic carbocycles. The molecule has 3 rings (SSSR count). The molecule has 7 heteroatoms. The molecule has 0 atom stereocenters. The highest BCUT2D eigenvalue weighted by molar-refractivity contribution is 6.02. The molecule has 0 saturated heterocycles. The molecule has 0 radical (unpaired) electrons. The number of pyridine rings is 1. The molecule has 0 spiro atoms. The maximum Gasteiger partial charge on any atom is 0.161 e. The Balaban J connectivity index is 2.28. The molecule has 3 aromatic rings. The van der Waals surface area contributed by atoms with Crippen LogP contribution < -0.4 is 24.1 Å². The molecule has 0 amide bonds. The molecule has 0 aliphatic rings. The van der Waals surface area contributed by atoms with Crippen LogP contribution in [0, 0.1) is 0 Å². The lowest BCUT2D eigenvalue weighted by Crippen LogP contribution is -2.19. The number of hydrogen-bond donors (Lipinski definition) is 0. The van der Waals surface area contributed by atoms with Gasteiger partial charge in [0.1, 0.15) is 0 Å². The van der Waals surface area contributed by atoms with E-state index in [1.807, 2.05) is 12.1 Å². The highest BCUT2D eigenvalue weighted by Crippen LogP contribution is 2.38. The van der Waals surface area contributed by atoms with Gasteiger partial charge in [-0.3, -0.25) is 4.98 Å². The fourth-order valence-electron chi connectivity index (χ4n) is 3.12. The smallest absolute Gasteiger partial charge is 0.161 e. The molecule has 0 unspecified atom stereocenters. The summed E-state index contributed by atoms with van der Waals surface area (Å²) in [6, 6.07) is 10.5.